The van der Waals surface area contributed by atoms with Crippen LogP contribution in [0.3, 0.4) is 0 Å². The van der Waals surface area contributed by atoms with Crippen molar-refractivity contribution in [1.82, 2.24) is 29.9 Å². The van der Waals surface area contributed by atoms with Gasteiger partial charge < -0.3 is 21.3 Å². The van der Waals surface area contributed by atoms with Crippen molar-refractivity contribution < 1.29 is 14.6 Å². The van der Waals surface area contributed by atoms with Crippen molar-refractivity contribution in [1.29, 1.82) is 0 Å². The third kappa shape index (κ3) is 3.39. The number of carbonyl (C=O) groups is 1. The third-order valence-corrected chi connectivity index (χ3v) is 2.59. The number of aromatic nitrogens is 6. The largest absolute Gasteiger partial charge is 0.476 e. The molecule has 0 saturated heterocycles. The van der Waals surface area contributed by atoms with E-state index in [1.165, 1.54) is 11.8 Å². The number of nitrogen functional groups attached to an aromatic ring is 2. The second-order valence-electron chi connectivity index (χ2n) is 4.06. The first-order valence-corrected chi connectivity index (χ1v) is 5.91. The highest BCUT2D eigenvalue weighted by Crippen LogP contribution is 2.09. The van der Waals surface area contributed by atoms with Gasteiger partial charge in [-0.25, -0.2) is 9.48 Å². The lowest BCUT2D eigenvalue weighted by molar-refractivity contribution is 0.0688. The molecule has 0 aromatic carbocycles. The maximum atomic E-state index is 11.1. The van der Waals surface area contributed by atoms with Gasteiger partial charge in [0, 0.05) is 13.5 Å². The predicted octanol–water partition coefficient (Wildman–Crippen LogP) is -1.44. The first kappa shape index (κ1) is 14.6. The van der Waals surface area contributed by atoms with Crippen LogP contribution >= 0.6 is 0 Å². The number of nitrogens with zero attached hydrogens (tertiary/aromatic N) is 6. The highest BCUT2D eigenvalue weighted by atomic mass is 16.5. The van der Waals surface area contributed by atoms with Crippen molar-refractivity contribution in [3.05, 3.63) is 17.2 Å². The molecule has 11 heteroatoms. The Hall–Kier alpha value is -2.82. The molecule has 11 nitrogen and oxygen atoms in total. The molecule has 0 atom stereocenters. The number of anilines is 2. The van der Waals surface area contributed by atoms with Crippen LogP contribution in [0.2, 0.25) is 0 Å². The Bertz CT molecular complexity index is 635. The zero-order valence-electron chi connectivity index (χ0n) is 11.2. The molecule has 0 aliphatic heterocycles. The number of ether oxygens (including phenoxy) is 1. The Morgan fingerprint density at radius 1 is 1.29 bits per heavy atom. The van der Waals surface area contributed by atoms with Crippen LogP contribution < -0.4 is 11.5 Å². The minimum Gasteiger partial charge on any atom is -0.476 e. The van der Waals surface area contributed by atoms with E-state index < -0.39 is 5.97 Å². The van der Waals surface area contributed by atoms with Gasteiger partial charge in [0.15, 0.2) is 11.5 Å². The number of hydrogen-bond acceptors (Lipinski definition) is 9. The van der Waals surface area contributed by atoms with E-state index in [0.717, 1.165) is 0 Å². The lowest BCUT2D eigenvalue weighted by Crippen LogP contribution is -2.15. The molecule has 0 aliphatic carbocycles. The van der Waals surface area contributed by atoms with Gasteiger partial charge in [-0.3, -0.25) is 0 Å². The molecular formula is C10H14N8O3. The number of methoxy groups -OCH3 is 1. The Labute approximate surface area is 119 Å². The van der Waals surface area contributed by atoms with Crippen molar-refractivity contribution >= 4 is 17.9 Å². The number of carboxylic acids is 1. The van der Waals surface area contributed by atoms with Crippen molar-refractivity contribution in [3.63, 3.8) is 0 Å². The van der Waals surface area contributed by atoms with Gasteiger partial charge in [-0.05, 0) is 0 Å². The molecule has 0 aliphatic rings. The van der Waals surface area contributed by atoms with Crippen LogP contribution in [0.15, 0.2) is 0 Å². The fourth-order valence-corrected chi connectivity index (χ4v) is 1.73. The molecule has 2 heterocycles. The van der Waals surface area contributed by atoms with E-state index in [2.05, 4.69) is 25.3 Å². The molecule has 0 spiro atoms. The average Bonchev–Trinajstić information content (AvgIpc) is 2.78. The zero-order chi connectivity index (χ0) is 15.4. The van der Waals surface area contributed by atoms with Crippen LogP contribution in [-0.4, -0.2) is 54.7 Å². The summed E-state index contributed by atoms with van der Waals surface area (Å²) >= 11 is 0. The molecule has 0 unspecified atom stereocenters. The Morgan fingerprint density at radius 3 is 2.52 bits per heavy atom. The van der Waals surface area contributed by atoms with Crippen LogP contribution in [0, 0.1) is 0 Å². The van der Waals surface area contributed by atoms with Gasteiger partial charge in [0.05, 0.1) is 12.3 Å². The summed E-state index contributed by atoms with van der Waals surface area (Å²) in [4.78, 5) is 22.6. The highest BCUT2D eigenvalue weighted by Gasteiger charge is 2.19. The van der Waals surface area contributed by atoms with Crippen LogP contribution in [-0.2, 0) is 17.7 Å². The van der Waals surface area contributed by atoms with Gasteiger partial charge in [-0.1, -0.05) is 5.21 Å². The summed E-state index contributed by atoms with van der Waals surface area (Å²) in [7, 11) is 1.52. The minimum absolute atomic E-state index is 0.0190. The summed E-state index contributed by atoms with van der Waals surface area (Å²) in [5.41, 5.74) is 11.2. The van der Waals surface area contributed by atoms with Crippen molar-refractivity contribution in [2.45, 2.75) is 13.0 Å². The topological polar surface area (TPSA) is 168 Å². The van der Waals surface area contributed by atoms with E-state index in [-0.39, 0.29) is 30.0 Å². The zero-order valence-corrected chi connectivity index (χ0v) is 11.2. The molecule has 2 aromatic heterocycles. The second-order valence-corrected chi connectivity index (χ2v) is 4.06. The molecule has 2 rings (SSSR count). The monoisotopic (exact) mass is 294 g/mol. The van der Waals surface area contributed by atoms with E-state index in [4.69, 9.17) is 21.3 Å². The molecule has 0 fully saturated rings. The molecule has 0 radical (unpaired) electrons. The number of rotatable bonds is 6. The lowest BCUT2D eigenvalue weighted by Gasteiger charge is -2.06. The molecule has 5 N–H and O–H groups in total. The van der Waals surface area contributed by atoms with E-state index in [1.807, 2.05) is 0 Å². The highest BCUT2D eigenvalue weighted by molar-refractivity contribution is 5.86. The number of nitrogens with two attached hydrogens (primary N) is 2. The fourth-order valence-electron chi connectivity index (χ4n) is 1.73. The summed E-state index contributed by atoms with van der Waals surface area (Å²) in [6, 6.07) is 0. The normalized spacial score (nSPS) is 10.7. The molecule has 112 valence electrons. The lowest BCUT2D eigenvalue weighted by atomic mass is 10.2. The van der Waals surface area contributed by atoms with Crippen molar-refractivity contribution in [2.75, 3.05) is 25.2 Å². The van der Waals surface area contributed by atoms with Crippen molar-refractivity contribution in [3.8, 4) is 0 Å². The molecule has 0 saturated carbocycles. The molecule has 0 bridgehead atoms. The quantitative estimate of drug-likeness (QED) is 0.573. The van der Waals surface area contributed by atoms with Crippen LogP contribution in [0.5, 0.6) is 0 Å². The minimum atomic E-state index is -1.16. The van der Waals surface area contributed by atoms with E-state index >= 15 is 0 Å². The summed E-state index contributed by atoms with van der Waals surface area (Å²) in [6.45, 7) is 0.408. The van der Waals surface area contributed by atoms with Gasteiger partial charge >= 0.3 is 5.97 Å². The second kappa shape index (κ2) is 6.09. The summed E-state index contributed by atoms with van der Waals surface area (Å²) < 4.78 is 6.32. The smallest absolute Gasteiger partial charge is 0.358 e. The summed E-state index contributed by atoms with van der Waals surface area (Å²) in [5.74, 6) is -0.938. The molecule has 2 aromatic rings. The SMILES string of the molecule is COCCc1c(C(=O)O)nnn1Cc1nc(N)nc(N)n1. The van der Waals surface area contributed by atoms with E-state index in [9.17, 15) is 4.79 Å². The van der Waals surface area contributed by atoms with Crippen LogP contribution in [0.4, 0.5) is 11.9 Å². The average molecular weight is 294 g/mol. The van der Waals surface area contributed by atoms with Gasteiger partial charge in [0.25, 0.3) is 0 Å². The Balaban J connectivity index is 2.32. The van der Waals surface area contributed by atoms with Crippen LogP contribution in [0.25, 0.3) is 0 Å². The fraction of sp³-hybridized carbons (Fsp3) is 0.400. The van der Waals surface area contributed by atoms with Gasteiger partial charge in [0.1, 0.15) is 6.54 Å². The Kier molecular flexibility index (Phi) is 4.23. The first-order valence-electron chi connectivity index (χ1n) is 5.91. The number of aromatic carboxylic acids is 1. The maximum Gasteiger partial charge on any atom is 0.358 e. The number of carboxylic acid groups (broad SMARTS) is 1. The third-order valence-electron chi connectivity index (χ3n) is 2.59. The Morgan fingerprint density at radius 2 is 1.95 bits per heavy atom. The standard InChI is InChI=1S/C10H14N8O3/c1-21-3-2-5-7(8(19)20)16-17-18(5)4-6-13-9(11)15-10(12)14-6/h2-4H2,1H3,(H,19,20)(H4,11,12,13,14,15). The predicted molar refractivity (Wildman–Crippen MR) is 70.3 cm³/mol. The summed E-state index contributed by atoms with van der Waals surface area (Å²) in [5, 5.41) is 16.5. The van der Waals surface area contributed by atoms with Gasteiger partial charge in [-0.15, -0.1) is 5.10 Å². The van der Waals surface area contributed by atoms with Gasteiger partial charge in [-0.2, -0.15) is 15.0 Å². The molecule has 21 heavy (non-hydrogen) atoms. The van der Waals surface area contributed by atoms with E-state index in [1.54, 1.807) is 0 Å². The molecular weight excluding hydrogens is 280 g/mol. The van der Waals surface area contributed by atoms with Gasteiger partial charge in [0.2, 0.25) is 11.9 Å². The van der Waals surface area contributed by atoms with Crippen LogP contribution in [0.1, 0.15) is 22.0 Å². The maximum absolute atomic E-state index is 11.1. The van der Waals surface area contributed by atoms with Crippen molar-refractivity contribution in [2.24, 2.45) is 0 Å². The first-order chi connectivity index (χ1) is 10.0. The number of hydrogen-bond donors (Lipinski definition) is 3. The van der Waals surface area contributed by atoms with E-state index in [0.29, 0.717) is 18.7 Å². The molecule has 0 amide bonds. The summed E-state index contributed by atoms with van der Waals surface area (Å²) in [6.07, 6.45) is 0.335.